The van der Waals surface area contributed by atoms with Crippen LogP contribution in [0.1, 0.15) is 62.6 Å². The third-order valence-electron chi connectivity index (χ3n) is 9.09. The molecule has 0 bridgehead atoms. The first-order valence-corrected chi connectivity index (χ1v) is 16.6. The van der Waals surface area contributed by atoms with Gasteiger partial charge >= 0.3 is 6.18 Å². The van der Waals surface area contributed by atoms with Crippen molar-refractivity contribution in [3.63, 3.8) is 0 Å². The number of alkyl halides is 5. The molecule has 5 heterocycles. The number of benzene rings is 1. The molecule has 0 radical (unpaired) electrons. The number of aliphatic hydroxyl groups is 1. The van der Waals surface area contributed by atoms with Gasteiger partial charge in [-0.05, 0) is 49.4 Å². The van der Waals surface area contributed by atoms with E-state index in [1.807, 2.05) is 4.90 Å². The van der Waals surface area contributed by atoms with E-state index in [0.29, 0.717) is 74.2 Å². The molecule has 4 aromatic rings. The number of anilines is 3. The van der Waals surface area contributed by atoms with E-state index in [-0.39, 0.29) is 36.2 Å². The van der Waals surface area contributed by atoms with Crippen molar-refractivity contribution in [3.8, 4) is 11.1 Å². The lowest BCUT2D eigenvalue weighted by molar-refractivity contribution is -0.137. The van der Waals surface area contributed by atoms with Gasteiger partial charge < -0.3 is 19.8 Å². The van der Waals surface area contributed by atoms with Crippen LogP contribution >= 0.6 is 11.6 Å². The van der Waals surface area contributed by atoms with Crippen LogP contribution in [0.15, 0.2) is 49.2 Å². The van der Waals surface area contributed by atoms with E-state index in [1.54, 1.807) is 35.9 Å². The van der Waals surface area contributed by atoms with Gasteiger partial charge in [0, 0.05) is 74.4 Å². The summed E-state index contributed by atoms with van der Waals surface area (Å²) in [6, 6.07) is 2.11. The number of nitrogens with one attached hydrogen (secondary N) is 1. The smallest absolute Gasteiger partial charge is 0.393 e. The van der Waals surface area contributed by atoms with Crippen LogP contribution in [-0.4, -0.2) is 73.1 Å². The van der Waals surface area contributed by atoms with Crippen LogP contribution in [0.25, 0.3) is 11.1 Å². The molecule has 0 aliphatic carbocycles. The molecule has 2 aliphatic heterocycles. The molecule has 0 unspecified atom stereocenters. The number of halogens is 6. The van der Waals surface area contributed by atoms with Gasteiger partial charge in [-0.2, -0.15) is 23.3 Å². The molecule has 0 amide bonds. The first kappa shape index (κ1) is 34.7. The fraction of sp³-hybridized carbons (Fsp3) is 0.485. The molecule has 49 heavy (non-hydrogen) atoms. The lowest BCUT2D eigenvalue weighted by atomic mass is 10.0. The molecule has 6 rings (SSSR count). The van der Waals surface area contributed by atoms with E-state index in [0.717, 1.165) is 30.5 Å². The number of hydrogen-bond acceptors (Lipinski definition) is 9. The first-order chi connectivity index (χ1) is 23.3. The highest BCUT2D eigenvalue weighted by Gasteiger charge is 2.39. The predicted molar refractivity (Wildman–Crippen MR) is 176 cm³/mol. The number of hydrogen-bond donors (Lipinski definition) is 2. The molecule has 10 nitrogen and oxygen atoms in total. The summed E-state index contributed by atoms with van der Waals surface area (Å²) in [5, 5.41) is 17.0. The van der Waals surface area contributed by atoms with Gasteiger partial charge in [-0.1, -0.05) is 24.9 Å². The Balaban J connectivity index is 1.37. The number of rotatable bonds is 10. The summed E-state index contributed by atoms with van der Waals surface area (Å²) in [6.07, 6.45) is 6.22. The van der Waals surface area contributed by atoms with Crippen molar-refractivity contribution >= 4 is 29.3 Å². The molecule has 0 spiro atoms. The summed E-state index contributed by atoms with van der Waals surface area (Å²) in [6.45, 7) is 4.04. The minimum absolute atomic E-state index is 0.0500. The number of piperidine rings is 1. The van der Waals surface area contributed by atoms with E-state index in [2.05, 4.69) is 37.0 Å². The number of aromatic nitrogens is 6. The van der Waals surface area contributed by atoms with Crippen molar-refractivity contribution in [1.82, 2.24) is 30.1 Å². The van der Waals surface area contributed by atoms with Gasteiger partial charge in [0.2, 0.25) is 11.9 Å². The summed E-state index contributed by atoms with van der Waals surface area (Å²) in [5.41, 5.74) is -0.407. The second-order valence-electron chi connectivity index (χ2n) is 12.7. The quantitative estimate of drug-likeness (QED) is 0.171. The zero-order valence-corrected chi connectivity index (χ0v) is 27.8. The van der Waals surface area contributed by atoms with E-state index >= 15 is 0 Å². The Morgan fingerprint density at radius 3 is 2.33 bits per heavy atom. The maximum absolute atomic E-state index is 14.5. The third kappa shape index (κ3) is 7.88. The Morgan fingerprint density at radius 2 is 1.69 bits per heavy atom. The minimum atomic E-state index is -4.83. The number of nitrogens with zero attached hydrogens (tertiary/aromatic N) is 8. The Kier molecular flexibility index (Phi) is 9.94. The van der Waals surface area contributed by atoms with Gasteiger partial charge in [0.1, 0.15) is 5.02 Å². The summed E-state index contributed by atoms with van der Waals surface area (Å²) in [7, 11) is 0. The molecule has 2 saturated heterocycles. The van der Waals surface area contributed by atoms with Crippen molar-refractivity contribution in [3.05, 3.63) is 70.9 Å². The fourth-order valence-electron chi connectivity index (χ4n) is 6.54. The second kappa shape index (κ2) is 14.0. The molecule has 2 N–H and O–H groups in total. The average Bonchev–Trinajstić information content (AvgIpc) is 3.75. The number of H-pyrrole nitrogens is 1. The normalized spacial score (nSPS) is 19.1. The highest BCUT2D eigenvalue weighted by Crippen LogP contribution is 2.39. The number of aromatic amines is 1. The first-order valence-electron chi connectivity index (χ1n) is 16.2. The molecule has 262 valence electrons. The minimum Gasteiger partial charge on any atom is -0.393 e. The molecule has 2 aliphatic rings. The third-order valence-corrected chi connectivity index (χ3v) is 9.36. The molecule has 1 aromatic carbocycles. The molecule has 2 fully saturated rings. The average molecular weight is 706 g/mol. The highest BCUT2D eigenvalue weighted by atomic mass is 35.5. The maximum Gasteiger partial charge on any atom is 0.416 e. The van der Waals surface area contributed by atoms with Gasteiger partial charge in [0.15, 0.2) is 5.82 Å². The van der Waals surface area contributed by atoms with Crippen molar-refractivity contribution in [2.45, 2.75) is 82.8 Å². The second-order valence-corrected chi connectivity index (χ2v) is 13.1. The van der Waals surface area contributed by atoms with Gasteiger partial charge in [-0.15, -0.1) is 0 Å². The van der Waals surface area contributed by atoms with Crippen LogP contribution in [0.4, 0.5) is 39.7 Å². The Bertz CT molecular complexity index is 1680. The zero-order valence-electron chi connectivity index (χ0n) is 27.0. The van der Waals surface area contributed by atoms with Crippen LogP contribution in [0.2, 0.25) is 5.02 Å². The van der Waals surface area contributed by atoms with E-state index in [9.17, 15) is 27.1 Å². The van der Waals surface area contributed by atoms with Crippen molar-refractivity contribution in [2.24, 2.45) is 0 Å². The van der Waals surface area contributed by atoms with Gasteiger partial charge in [0.05, 0.1) is 30.1 Å². The Labute approximate surface area is 285 Å². The zero-order chi connectivity index (χ0) is 34.9. The summed E-state index contributed by atoms with van der Waals surface area (Å²) >= 11 is 6.72. The van der Waals surface area contributed by atoms with Crippen LogP contribution in [0.5, 0.6) is 0 Å². The van der Waals surface area contributed by atoms with E-state index in [4.69, 9.17) is 16.6 Å². The molecule has 0 saturated carbocycles. The number of aliphatic hydroxyl groups excluding tert-OH is 1. The van der Waals surface area contributed by atoms with Crippen LogP contribution in [0.3, 0.4) is 0 Å². The molecular formula is C33H37ClF5N9O. The Hall–Kier alpha value is -4.11. The summed E-state index contributed by atoms with van der Waals surface area (Å²) < 4.78 is 70.8. The molecule has 2 atom stereocenters. The van der Waals surface area contributed by atoms with Gasteiger partial charge in [-0.25, -0.2) is 23.7 Å². The predicted octanol–water partition coefficient (Wildman–Crippen LogP) is 6.86. The fourth-order valence-corrected chi connectivity index (χ4v) is 6.74. The lowest BCUT2D eigenvalue weighted by Crippen LogP contribution is -2.39. The topological polar surface area (TPSA) is 110 Å². The van der Waals surface area contributed by atoms with E-state index in [1.165, 1.54) is 0 Å². The SMILES string of the molecule is CCC[C@@H]1C[C@H](N(Cc2cc(C(C)(F)F)cc(C(F)(F)F)c2)c2ncc(-c3cn[nH]c3)cn2)CN1c1nc(N2CCC(O)CC2)ncc1Cl. The van der Waals surface area contributed by atoms with Crippen molar-refractivity contribution in [2.75, 3.05) is 34.3 Å². The summed E-state index contributed by atoms with van der Waals surface area (Å²) in [5.74, 6) is -2.23. The van der Waals surface area contributed by atoms with Crippen LogP contribution in [0, 0.1) is 0 Å². The molecular weight excluding hydrogens is 669 g/mol. The lowest BCUT2D eigenvalue weighted by Gasteiger charge is -2.32. The highest BCUT2D eigenvalue weighted by molar-refractivity contribution is 6.32. The Morgan fingerprint density at radius 1 is 0.980 bits per heavy atom. The van der Waals surface area contributed by atoms with Crippen molar-refractivity contribution < 1.29 is 27.1 Å². The van der Waals surface area contributed by atoms with Gasteiger partial charge in [-0.3, -0.25) is 5.10 Å². The summed E-state index contributed by atoms with van der Waals surface area (Å²) in [4.78, 5) is 24.4. The molecule has 3 aromatic heterocycles. The monoisotopic (exact) mass is 705 g/mol. The molecule has 16 heteroatoms. The van der Waals surface area contributed by atoms with Crippen LogP contribution < -0.4 is 14.7 Å². The largest absolute Gasteiger partial charge is 0.416 e. The van der Waals surface area contributed by atoms with E-state index < -0.39 is 23.2 Å². The standard InChI is InChI=1S/C33H37ClF5N9O/c1-3-4-25-12-26(19-47(25)29-28(34)17-42-31(45-29)46-7-5-27(49)6-8-46)48(30-40-13-21(14-41-30)22-15-43-44-16-22)18-20-9-23(32(2,35)36)11-24(10-20)33(37,38)39/h9-11,13-17,25-27,49H,3-8,12,18-19H2,1-2H3,(H,43,44)/t25-,26+/m1/s1. The van der Waals surface area contributed by atoms with Gasteiger partial charge in [0.25, 0.3) is 5.92 Å². The van der Waals surface area contributed by atoms with Crippen molar-refractivity contribution in [1.29, 1.82) is 0 Å². The maximum atomic E-state index is 14.5. The van der Waals surface area contributed by atoms with Crippen LogP contribution in [-0.2, 0) is 18.6 Å².